The minimum atomic E-state index is -0.474. The van der Waals surface area contributed by atoms with Gasteiger partial charge in [0, 0.05) is 28.9 Å². The van der Waals surface area contributed by atoms with Gasteiger partial charge in [0.1, 0.15) is 5.82 Å². The van der Waals surface area contributed by atoms with Crippen molar-refractivity contribution in [3.63, 3.8) is 0 Å². The highest BCUT2D eigenvalue weighted by atomic mass is 32.2. The summed E-state index contributed by atoms with van der Waals surface area (Å²) in [5.41, 5.74) is 1.49. The maximum Gasteiger partial charge on any atom is 0.269 e. The minimum Gasteiger partial charge on any atom is -0.346 e. The summed E-state index contributed by atoms with van der Waals surface area (Å²) in [6, 6.07) is 10.3. The number of hydrogen-bond acceptors (Lipinski definition) is 4. The average molecular weight is 358 g/mol. The molecule has 25 heavy (non-hydrogen) atoms. The first-order chi connectivity index (χ1) is 12.0. The molecule has 128 valence electrons. The number of nitrogens with one attached hydrogen (secondary N) is 1. The Morgan fingerprint density at radius 3 is 2.76 bits per heavy atom. The normalized spacial score (nSPS) is 16.4. The van der Waals surface area contributed by atoms with E-state index in [-0.39, 0.29) is 23.5 Å². The van der Waals surface area contributed by atoms with Crippen LogP contribution in [0.5, 0.6) is 0 Å². The maximum absolute atomic E-state index is 13.5. The van der Waals surface area contributed by atoms with Gasteiger partial charge < -0.3 is 5.32 Å². The SMILES string of the molecule is O=C(/C=C/c1ccc([N+](=O)[O-])cc1)NC1CCSc2ccc(F)cc21. The van der Waals surface area contributed by atoms with Crippen LogP contribution in [0.2, 0.25) is 0 Å². The van der Waals surface area contributed by atoms with Crippen molar-refractivity contribution in [1.29, 1.82) is 0 Å². The molecular formula is C18H15FN2O3S. The molecule has 1 aliphatic heterocycles. The number of benzene rings is 2. The van der Waals surface area contributed by atoms with Crippen LogP contribution in [0.4, 0.5) is 10.1 Å². The van der Waals surface area contributed by atoms with E-state index in [1.165, 1.54) is 30.3 Å². The van der Waals surface area contributed by atoms with Crippen LogP contribution < -0.4 is 5.32 Å². The Labute approximate surface area is 148 Å². The lowest BCUT2D eigenvalue weighted by molar-refractivity contribution is -0.384. The van der Waals surface area contributed by atoms with E-state index in [1.54, 1.807) is 36.0 Å². The fourth-order valence-corrected chi connectivity index (χ4v) is 3.72. The fourth-order valence-electron chi connectivity index (χ4n) is 2.61. The van der Waals surface area contributed by atoms with Gasteiger partial charge in [-0.25, -0.2) is 4.39 Å². The summed E-state index contributed by atoms with van der Waals surface area (Å²) in [4.78, 5) is 23.3. The molecule has 2 aromatic rings. The Balaban J connectivity index is 1.67. The van der Waals surface area contributed by atoms with E-state index in [1.807, 2.05) is 0 Å². The Bertz CT molecular complexity index is 837. The molecule has 0 radical (unpaired) electrons. The predicted molar refractivity (Wildman–Crippen MR) is 94.8 cm³/mol. The van der Waals surface area contributed by atoms with Crippen LogP contribution in [0.25, 0.3) is 6.08 Å². The third-order valence-corrected chi connectivity index (χ3v) is 4.98. The second-order valence-corrected chi connectivity index (χ2v) is 6.70. The van der Waals surface area contributed by atoms with Crippen LogP contribution in [0, 0.1) is 15.9 Å². The largest absolute Gasteiger partial charge is 0.346 e. The highest BCUT2D eigenvalue weighted by Crippen LogP contribution is 2.36. The molecule has 1 atom stereocenters. The molecule has 1 N–H and O–H groups in total. The van der Waals surface area contributed by atoms with Crippen molar-refractivity contribution in [2.24, 2.45) is 0 Å². The molecule has 1 aliphatic rings. The second-order valence-electron chi connectivity index (χ2n) is 5.56. The number of nitro benzene ring substituents is 1. The van der Waals surface area contributed by atoms with Crippen LogP contribution in [0.1, 0.15) is 23.6 Å². The molecule has 1 amide bonds. The van der Waals surface area contributed by atoms with E-state index in [0.717, 1.165) is 22.6 Å². The number of carbonyl (C=O) groups excluding carboxylic acids is 1. The summed E-state index contributed by atoms with van der Waals surface area (Å²) in [5, 5.41) is 13.5. The number of carbonyl (C=O) groups is 1. The zero-order valence-corrected chi connectivity index (χ0v) is 14.0. The van der Waals surface area contributed by atoms with Crippen LogP contribution in [0.3, 0.4) is 0 Å². The quantitative estimate of drug-likeness (QED) is 0.507. The van der Waals surface area contributed by atoms with Gasteiger partial charge in [-0.2, -0.15) is 0 Å². The van der Waals surface area contributed by atoms with E-state index >= 15 is 0 Å². The van der Waals surface area contributed by atoms with Crippen molar-refractivity contribution in [3.8, 4) is 0 Å². The lowest BCUT2D eigenvalue weighted by Crippen LogP contribution is -2.29. The molecule has 0 saturated carbocycles. The van der Waals surface area contributed by atoms with Crippen molar-refractivity contribution in [3.05, 3.63) is 75.6 Å². The summed E-state index contributed by atoms with van der Waals surface area (Å²) in [6.07, 6.45) is 3.70. The summed E-state index contributed by atoms with van der Waals surface area (Å²) in [5.74, 6) is 0.253. The molecular weight excluding hydrogens is 343 g/mol. The zero-order chi connectivity index (χ0) is 17.8. The lowest BCUT2D eigenvalue weighted by atomic mass is 10.0. The Morgan fingerprint density at radius 1 is 1.28 bits per heavy atom. The van der Waals surface area contributed by atoms with E-state index in [4.69, 9.17) is 0 Å². The van der Waals surface area contributed by atoms with Crippen molar-refractivity contribution in [2.75, 3.05) is 5.75 Å². The standard InChI is InChI=1S/C18H15FN2O3S/c19-13-4-7-17-15(11-13)16(9-10-25-17)20-18(22)8-3-12-1-5-14(6-2-12)21(23)24/h1-8,11,16H,9-10H2,(H,20,22)/b8-3+. The third-order valence-electron chi connectivity index (χ3n) is 3.86. The first-order valence-corrected chi connectivity index (χ1v) is 8.67. The Morgan fingerprint density at radius 2 is 2.04 bits per heavy atom. The number of amides is 1. The molecule has 1 heterocycles. The number of nitro groups is 1. The van der Waals surface area contributed by atoms with Gasteiger partial charge in [-0.15, -0.1) is 11.8 Å². The monoisotopic (exact) mass is 358 g/mol. The molecule has 1 unspecified atom stereocenters. The molecule has 0 aliphatic carbocycles. The van der Waals surface area contributed by atoms with Crippen molar-refractivity contribution in [1.82, 2.24) is 5.32 Å². The smallest absolute Gasteiger partial charge is 0.269 e. The van der Waals surface area contributed by atoms with Gasteiger partial charge in [-0.3, -0.25) is 14.9 Å². The minimum absolute atomic E-state index is 0.0000548. The van der Waals surface area contributed by atoms with Gasteiger partial charge in [-0.1, -0.05) is 0 Å². The van der Waals surface area contributed by atoms with E-state index < -0.39 is 4.92 Å². The summed E-state index contributed by atoms with van der Waals surface area (Å²) in [6.45, 7) is 0. The number of thioether (sulfide) groups is 1. The van der Waals surface area contributed by atoms with Crippen LogP contribution in [0.15, 0.2) is 53.4 Å². The summed E-state index contributed by atoms with van der Waals surface area (Å²) < 4.78 is 13.5. The number of hydrogen-bond donors (Lipinski definition) is 1. The van der Waals surface area contributed by atoms with Gasteiger partial charge in [0.15, 0.2) is 0 Å². The molecule has 0 bridgehead atoms. The first kappa shape index (κ1) is 17.2. The second kappa shape index (κ2) is 7.48. The molecule has 0 saturated heterocycles. The van der Waals surface area contributed by atoms with Crippen LogP contribution in [-0.2, 0) is 4.79 Å². The van der Waals surface area contributed by atoms with Gasteiger partial charge in [0.2, 0.25) is 5.91 Å². The van der Waals surface area contributed by atoms with Gasteiger partial charge in [-0.05, 0) is 54.0 Å². The Kier molecular flexibility index (Phi) is 5.14. The van der Waals surface area contributed by atoms with Gasteiger partial charge in [0.05, 0.1) is 11.0 Å². The van der Waals surface area contributed by atoms with Crippen molar-refractivity contribution >= 4 is 29.4 Å². The molecule has 0 spiro atoms. The van der Waals surface area contributed by atoms with E-state index in [0.29, 0.717) is 5.56 Å². The topological polar surface area (TPSA) is 72.2 Å². The van der Waals surface area contributed by atoms with Crippen LogP contribution in [-0.4, -0.2) is 16.6 Å². The fraction of sp³-hybridized carbons (Fsp3) is 0.167. The van der Waals surface area contributed by atoms with Crippen molar-refractivity contribution < 1.29 is 14.1 Å². The number of halogens is 1. The van der Waals surface area contributed by atoms with E-state index in [9.17, 15) is 19.3 Å². The molecule has 5 nitrogen and oxygen atoms in total. The van der Waals surface area contributed by atoms with Gasteiger partial charge >= 0.3 is 0 Å². The summed E-state index contributed by atoms with van der Waals surface area (Å²) in [7, 11) is 0. The third kappa shape index (κ3) is 4.24. The maximum atomic E-state index is 13.5. The number of non-ortho nitro benzene ring substituents is 1. The average Bonchev–Trinajstić information content (AvgIpc) is 2.61. The first-order valence-electron chi connectivity index (χ1n) is 7.68. The molecule has 7 heteroatoms. The summed E-state index contributed by atoms with van der Waals surface area (Å²) >= 11 is 1.65. The molecule has 0 fully saturated rings. The highest BCUT2D eigenvalue weighted by Gasteiger charge is 2.22. The Hall–Kier alpha value is -2.67. The predicted octanol–water partition coefficient (Wildman–Crippen LogP) is 4.10. The van der Waals surface area contributed by atoms with Crippen molar-refractivity contribution in [2.45, 2.75) is 17.4 Å². The number of nitrogens with zero attached hydrogens (tertiary/aromatic N) is 1. The lowest BCUT2D eigenvalue weighted by Gasteiger charge is -2.25. The van der Waals surface area contributed by atoms with Gasteiger partial charge in [0.25, 0.3) is 5.69 Å². The molecule has 0 aromatic heterocycles. The van der Waals surface area contributed by atoms with E-state index in [2.05, 4.69) is 5.32 Å². The van der Waals surface area contributed by atoms with Crippen LogP contribution >= 0.6 is 11.8 Å². The number of fused-ring (bicyclic) bond motifs is 1. The highest BCUT2D eigenvalue weighted by molar-refractivity contribution is 7.99. The zero-order valence-electron chi connectivity index (χ0n) is 13.1. The molecule has 3 rings (SSSR count). The molecule has 2 aromatic carbocycles. The number of rotatable bonds is 4.